The molecule has 3 aliphatic heterocycles. The molecule has 2 saturated heterocycles. The van der Waals surface area contributed by atoms with Gasteiger partial charge in [-0.1, -0.05) is 30.3 Å². The van der Waals surface area contributed by atoms with E-state index in [0.29, 0.717) is 19.8 Å². The zero-order chi connectivity index (χ0) is 18.3. The van der Waals surface area contributed by atoms with Crippen LogP contribution in [0.1, 0.15) is 15.9 Å². The Morgan fingerprint density at radius 1 is 0.963 bits per heavy atom. The van der Waals surface area contributed by atoms with Gasteiger partial charge in [0.25, 0.3) is 5.91 Å². The number of nitrogens with zero attached hydrogens (tertiary/aromatic N) is 2. The van der Waals surface area contributed by atoms with Crippen molar-refractivity contribution in [2.24, 2.45) is 5.41 Å². The van der Waals surface area contributed by atoms with Crippen molar-refractivity contribution >= 4 is 11.6 Å². The monoisotopic (exact) mass is 364 g/mol. The van der Waals surface area contributed by atoms with Gasteiger partial charge in [-0.05, 0) is 30.2 Å². The van der Waals surface area contributed by atoms with Gasteiger partial charge >= 0.3 is 0 Å². The Morgan fingerprint density at radius 3 is 2.56 bits per heavy atom. The number of ether oxygens (including phenoxy) is 2. The summed E-state index contributed by atoms with van der Waals surface area (Å²) in [4.78, 5) is 17.4. The molecule has 1 amide bonds. The van der Waals surface area contributed by atoms with Crippen LogP contribution >= 0.6 is 0 Å². The number of rotatable bonds is 2. The first kappa shape index (κ1) is 16.6. The van der Waals surface area contributed by atoms with Gasteiger partial charge < -0.3 is 19.3 Å². The quantitative estimate of drug-likeness (QED) is 0.822. The third kappa shape index (κ3) is 2.96. The van der Waals surface area contributed by atoms with Gasteiger partial charge in [0.1, 0.15) is 5.75 Å². The van der Waals surface area contributed by atoms with Crippen molar-refractivity contribution in [3.8, 4) is 5.75 Å². The second-order valence-corrected chi connectivity index (χ2v) is 7.85. The van der Waals surface area contributed by atoms with Crippen molar-refractivity contribution in [3.63, 3.8) is 0 Å². The number of hydrogen-bond donors (Lipinski definition) is 0. The van der Waals surface area contributed by atoms with E-state index in [-0.39, 0.29) is 11.3 Å². The standard InChI is InChI=1S/C22H24N2O3/c25-21(18-6-2-3-7-19(18)23-9-11-26-12-10-23)24-14-22(15-24)13-17-5-1-4-8-20(17)27-16-22/h1-8H,9-16H2. The SMILES string of the molecule is O=C(c1ccccc1N1CCOCC1)N1CC2(COc3ccccc3C2)C1. The van der Waals surface area contributed by atoms with Crippen LogP contribution in [0.5, 0.6) is 5.75 Å². The smallest absolute Gasteiger partial charge is 0.256 e. The van der Waals surface area contributed by atoms with Crippen LogP contribution in [0.15, 0.2) is 48.5 Å². The maximum atomic E-state index is 13.2. The number of fused-ring (bicyclic) bond motifs is 1. The Kier molecular flexibility index (Phi) is 4.05. The first-order valence-corrected chi connectivity index (χ1v) is 9.66. The van der Waals surface area contributed by atoms with E-state index in [4.69, 9.17) is 9.47 Å². The third-order valence-corrected chi connectivity index (χ3v) is 5.90. The van der Waals surface area contributed by atoms with Crippen LogP contribution < -0.4 is 9.64 Å². The fourth-order valence-electron chi connectivity index (χ4n) is 4.49. The molecule has 5 rings (SSSR count). The van der Waals surface area contributed by atoms with E-state index >= 15 is 0 Å². The van der Waals surface area contributed by atoms with E-state index < -0.39 is 0 Å². The fraction of sp³-hybridized carbons (Fsp3) is 0.409. The molecule has 0 saturated carbocycles. The highest BCUT2D eigenvalue weighted by Gasteiger charge is 2.48. The van der Waals surface area contributed by atoms with Crippen LogP contribution in [0.3, 0.4) is 0 Å². The summed E-state index contributed by atoms with van der Waals surface area (Å²) in [6, 6.07) is 16.2. The Hall–Kier alpha value is -2.53. The first-order valence-electron chi connectivity index (χ1n) is 9.66. The number of morpholine rings is 1. The van der Waals surface area contributed by atoms with Crippen LogP contribution in [0.4, 0.5) is 5.69 Å². The van der Waals surface area contributed by atoms with Crippen LogP contribution in [0, 0.1) is 5.41 Å². The zero-order valence-corrected chi connectivity index (χ0v) is 15.4. The second kappa shape index (κ2) is 6.57. The molecule has 0 N–H and O–H groups in total. The van der Waals surface area contributed by atoms with Crippen LogP contribution in [-0.4, -0.2) is 56.8 Å². The summed E-state index contributed by atoms with van der Waals surface area (Å²) in [6.07, 6.45) is 0.984. The van der Waals surface area contributed by atoms with E-state index in [1.54, 1.807) is 0 Å². The Morgan fingerprint density at radius 2 is 1.70 bits per heavy atom. The second-order valence-electron chi connectivity index (χ2n) is 7.85. The van der Waals surface area contributed by atoms with Crippen molar-refractivity contribution in [3.05, 3.63) is 59.7 Å². The average Bonchev–Trinajstić information content (AvgIpc) is 2.72. The predicted octanol–water partition coefficient (Wildman–Crippen LogP) is 2.60. The molecular weight excluding hydrogens is 340 g/mol. The average molecular weight is 364 g/mol. The van der Waals surface area contributed by atoms with Gasteiger partial charge in [-0.15, -0.1) is 0 Å². The third-order valence-electron chi connectivity index (χ3n) is 5.90. The topological polar surface area (TPSA) is 42.0 Å². The van der Waals surface area contributed by atoms with Crippen LogP contribution in [0.2, 0.25) is 0 Å². The summed E-state index contributed by atoms with van der Waals surface area (Å²) >= 11 is 0. The first-order chi connectivity index (χ1) is 13.2. The van der Waals surface area contributed by atoms with Gasteiger partial charge in [0.05, 0.1) is 25.4 Å². The van der Waals surface area contributed by atoms with Crippen molar-refractivity contribution in [1.82, 2.24) is 4.90 Å². The minimum atomic E-state index is 0.0674. The molecule has 2 aromatic rings. The summed E-state index contributed by atoms with van der Waals surface area (Å²) in [7, 11) is 0. The molecule has 5 heteroatoms. The number of carbonyl (C=O) groups is 1. The molecule has 0 bridgehead atoms. The molecule has 27 heavy (non-hydrogen) atoms. The number of likely N-dealkylation sites (tertiary alicyclic amines) is 1. The Labute approximate surface area is 159 Å². The normalized spacial score (nSPS) is 20.6. The lowest BCUT2D eigenvalue weighted by molar-refractivity contribution is -0.0290. The number of hydrogen-bond acceptors (Lipinski definition) is 4. The molecule has 2 fully saturated rings. The van der Waals surface area contributed by atoms with Crippen molar-refractivity contribution in [2.45, 2.75) is 6.42 Å². The molecule has 0 aliphatic carbocycles. The van der Waals surface area contributed by atoms with Gasteiger partial charge in [-0.3, -0.25) is 4.79 Å². The molecule has 5 nitrogen and oxygen atoms in total. The van der Waals surface area contributed by atoms with E-state index in [1.807, 2.05) is 41.3 Å². The Bertz CT molecular complexity index is 854. The van der Waals surface area contributed by atoms with Gasteiger partial charge in [-0.2, -0.15) is 0 Å². The minimum Gasteiger partial charge on any atom is -0.493 e. The molecule has 0 atom stereocenters. The number of benzene rings is 2. The highest BCUT2D eigenvalue weighted by atomic mass is 16.5. The minimum absolute atomic E-state index is 0.0674. The molecule has 0 unspecified atom stereocenters. The van der Waals surface area contributed by atoms with Crippen molar-refractivity contribution in [2.75, 3.05) is 50.9 Å². The van der Waals surface area contributed by atoms with Crippen LogP contribution in [0.25, 0.3) is 0 Å². The number of para-hydroxylation sites is 2. The number of amides is 1. The molecule has 2 aromatic carbocycles. The highest BCUT2D eigenvalue weighted by molar-refractivity contribution is 6.00. The number of carbonyl (C=O) groups excluding carboxylic acids is 1. The summed E-state index contributed by atoms with van der Waals surface area (Å²) in [5.41, 5.74) is 3.14. The summed E-state index contributed by atoms with van der Waals surface area (Å²) in [5, 5.41) is 0. The molecule has 3 aliphatic rings. The molecule has 1 spiro atoms. The molecule has 3 heterocycles. The van der Waals surface area contributed by atoms with Crippen molar-refractivity contribution in [1.29, 1.82) is 0 Å². The summed E-state index contributed by atoms with van der Waals surface area (Å²) < 4.78 is 11.4. The summed E-state index contributed by atoms with van der Waals surface area (Å²) in [5.74, 6) is 1.12. The van der Waals surface area contributed by atoms with Gasteiger partial charge in [0, 0.05) is 37.3 Å². The lowest BCUT2D eigenvalue weighted by atomic mass is 9.73. The lowest BCUT2D eigenvalue weighted by Gasteiger charge is -2.52. The molecule has 0 radical (unpaired) electrons. The zero-order valence-electron chi connectivity index (χ0n) is 15.4. The van der Waals surface area contributed by atoms with E-state index in [2.05, 4.69) is 17.0 Å². The van der Waals surface area contributed by atoms with Crippen LogP contribution in [-0.2, 0) is 11.2 Å². The predicted molar refractivity (Wildman–Crippen MR) is 103 cm³/mol. The van der Waals surface area contributed by atoms with Crippen molar-refractivity contribution < 1.29 is 14.3 Å². The molecule has 140 valence electrons. The maximum absolute atomic E-state index is 13.2. The maximum Gasteiger partial charge on any atom is 0.256 e. The van der Waals surface area contributed by atoms with E-state index in [1.165, 1.54) is 5.56 Å². The highest BCUT2D eigenvalue weighted by Crippen LogP contribution is 2.41. The largest absolute Gasteiger partial charge is 0.493 e. The Balaban J connectivity index is 1.31. The van der Waals surface area contributed by atoms with Gasteiger partial charge in [-0.25, -0.2) is 0 Å². The van der Waals surface area contributed by atoms with E-state index in [0.717, 1.165) is 49.6 Å². The summed E-state index contributed by atoms with van der Waals surface area (Å²) in [6.45, 7) is 5.31. The molecular formula is C22H24N2O3. The van der Waals surface area contributed by atoms with E-state index in [9.17, 15) is 4.79 Å². The van der Waals surface area contributed by atoms with Gasteiger partial charge in [0.15, 0.2) is 0 Å². The number of anilines is 1. The molecule has 0 aromatic heterocycles. The van der Waals surface area contributed by atoms with Gasteiger partial charge in [0.2, 0.25) is 0 Å². The lowest BCUT2D eigenvalue weighted by Crippen LogP contribution is -2.63. The fourth-order valence-corrected chi connectivity index (χ4v) is 4.49.